The maximum Gasteiger partial charge on any atom is 0.416 e. The van der Waals surface area contributed by atoms with Crippen LogP contribution < -0.4 is 19.7 Å². The van der Waals surface area contributed by atoms with Gasteiger partial charge in [0.1, 0.15) is 17.4 Å². The normalized spacial score (nSPS) is 16.3. The second kappa shape index (κ2) is 9.17. The number of nitrogens with one attached hydrogen (secondary N) is 2. The minimum atomic E-state index is -4.46. The highest BCUT2D eigenvalue weighted by Crippen LogP contribution is 2.43. The van der Waals surface area contributed by atoms with Gasteiger partial charge in [-0.2, -0.15) is 13.2 Å². The van der Waals surface area contributed by atoms with Gasteiger partial charge in [0.25, 0.3) is 10.0 Å². The van der Waals surface area contributed by atoms with E-state index in [1.54, 1.807) is 6.07 Å². The molecule has 0 radical (unpaired) electrons. The molecule has 12 heteroatoms. The molecule has 5 rings (SSSR count). The summed E-state index contributed by atoms with van der Waals surface area (Å²) in [4.78, 5) is 5.76. The van der Waals surface area contributed by atoms with E-state index in [0.717, 1.165) is 23.0 Å². The number of rotatable bonds is 5. The van der Waals surface area contributed by atoms with Gasteiger partial charge in [0.05, 0.1) is 34.4 Å². The standard InChI is InChI=1S/C23H21F3N4O3S2/c24-23(25,26)16-1-3-19(18(11-16)15-5-7-27-8-6-15)30-9-10-33-21-12-17(2-4-20(21)30)35(31,32)29-22-13-28-14-34-22/h1-5,11-14,27,29H,6-10H2. The fraction of sp³-hybridized carbons (Fsp3) is 0.261. The Morgan fingerprint density at radius 2 is 1.97 bits per heavy atom. The van der Waals surface area contributed by atoms with E-state index >= 15 is 0 Å². The Labute approximate surface area is 204 Å². The van der Waals surface area contributed by atoms with Crippen LogP contribution in [0.1, 0.15) is 17.5 Å². The number of anilines is 3. The van der Waals surface area contributed by atoms with Gasteiger partial charge in [0.15, 0.2) is 0 Å². The minimum absolute atomic E-state index is 0.0141. The largest absolute Gasteiger partial charge is 0.489 e. The molecule has 0 saturated carbocycles. The first-order valence-corrected chi connectivity index (χ1v) is 13.2. The third-order valence-corrected chi connectivity index (χ3v) is 7.98. The van der Waals surface area contributed by atoms with Crippen LogP contribution in [0, 0.1) is 0 Å². The topological polar surface area (TPSA) is 83.6 Å². The van der Waals surface area contributed by atoms with E-state index in [4.69, 9.17) is 4.74 Å². The van der Waals surface area contributed by atoms with Crippen molar-refractivity contribution in [2.75, 3.05) is 35.9 Å². The predicted octanol–water partition coefficient (Wildman–Crippen LogP) is 4.87. The SMILES string of the molecule is O=S(=O)(Nc1cncs1)c1ccc2c(c1)OCCN2c1ccc(C(F)(F)F)cc1C1=CCNCC1. The van der Waals surface area contributed by atoms with Gasteiger partial charge in [-0.05, 0) is 48.9 Å². The summed E-state index contributed by atoms with van der Waals surface area (Å²) in [6, 6.07) is 8.25. The molecule has 2 aliphatic heterocycles. The molecule has 3 heterocycles. The van der Waals surface area contributed by atoms with Crippen LogP contribution in [0.5, 0.6) is 5.75 Å². The fourth-order valence-corrected chi connectivity index (χ4v) is 5.97. The number of fused-ring (bicyclic) bond motifs is 1. The summed E-state index contributed by atoms with van der Waals surface area (Å²) in [6.07, 6.45) is -0.533. The molecule has 1 aromatic heterocycles. The zero-order valence-corrected chi connectivity index (χ0v) is 19.9. The van der Waals surface area contributed by atoms with Gasteiger partial charge in [0, 0.05) is 23.9 Å². The summed E-state index contributed by atoms with van der Waals surface area (Å²) in [7, 11) is -3.87. The van der Waals surface area contributed by atoms with Crippen molar-refractivity contribution in [3.8, 4) is 5.75 Å². The fourth-order valence-electron chi connectivity index (χ4n) is 4.15. The summed E-state index contributed by atoms with van der Waals surface area (Å²) < 4.78 is 74.4. The monoisotopic (exact) mass is 522 g/mol. The first-order chi connectivity index (χ1) is 16.7. The number of thiazole rings is 1. The van der Waals surface area contributed by atoms with Crippen LogP contribution in [-0.2, 0) is 16.2 Å². The van der Waals surface area contributed by atoms with E-state index in [9.17, 15) is 21.6 Å². The van der Waals surface area contributed by atoms with Crippen LogP contribution in [0.25, 0.3) is 5.57 Å². The number of halogens is 3. The Hall–Kier alpha value is -3.09. The predicted molar refractivity (Wildman–Crippen MR) is 129 cm³/mol. The van der Waals surface area contributed by atoms with Gasteiger partial charge in [0.2, 0.25) is 0 Å². The maximum atomic E-state index is 13.5. The van der Waals surface area contributed by atoms with Crippen molar-refractivity contribution in [3.05, 3.63) is 65.3 Å². The number of hydrogen-bond donors (Lipinski definition) is 2. The average Bonchev–Trinajstić information content (AvgIpc) is 3.35. The van der Waals surface area contributed by atoms with Crippen molar-refractivity contribution in [3.63, 3.8) is 0 Å². The van der Waals surface area contributed by atoms with Gasteiger partial charge in [-0.3, -0.25) is 9.71 Å². The second-order valence-electron chi connectivity index (χ2n) is 8.01. The molecule has 0 spiro atoms. The molecule has 0 aliphatic carbocycles. The van der Waals surface area contributed by atoms with E-state index in [2.05, 4.69) is 15.0 Å². The molecule has 2 aliphatic rings. The van der Waals surface area contributed by atoms with Gasteiger partial charge < -0.3 is 15.0 Å². The highest BCUT2D eigenvalue weighted by Gasteiger charge is 2.33. The number of sulfonamides is 1. The molecule has 184 valence electrons. The van der Waals surface area contributed by atoms with Crippen LogP contribution in [0.3, 0.4) is 0 Å². The average molecular weight is 523 g/mol. The quantitative estimate of drug-likeness (QED) is 0.498. The summed E-state index contributed by atoms with van der Waals surface area (Å²) in [5.41, 5.74) is 3.37. The first-order valence-electron chi connectivity index (χ1n) is 10.8. The molecule has 0 bridgehead atoms. The van der Waals surface area contributed by atoms with Crippen LogP contribution >= 0.6 is 11.3 Å². The number of aromatic nitrogens is 1. The number of hydrogen-bond acceptors (Lipinski definition) is 7. The molecular weight excluding hydrogens is 501 g/mol. The zero-order chi connectivity index (χ0) is 24.6. The van der Waals surface area contributed by atoms with Crippen molar-refractivity contribution in [1.29, 1.82) is 0 Å². The van der Waals surface area contributed by atoms with Crippen molar-refractivity contribution < 1.29 is 26.3 Å². The number of alkyl halides is 3. The second-order valence-corrected chi connectivity index (χ2v) is 10.6. The van der Waals surface area contributed by atoms with Crippen LogP contribution in [0.2, 0.25) is 0 Å². The molecule has 2 aromatic carbocycles. The summed E-state index contributed by atoms with van der Waals surface area (Å²) in [5.74, 6) is 0.341. The Balaban J connectivity index is 1.54. The molecule has 7 nitrogen and oxygen atoms in total. The lowest BCUT2D eigenvalue weighted by Gasteiger charge is -2.34. The van der Waals surface area contributed by atoms with Crippen molar-refractivity contribution >= 4 is 43.3 Å². The molecule has 0 unspecified atom stereocenters. The van der Waals surface area contributed by atoms with E-state index < -0.39 is 21.8 Å². The van der Waals surface area contributed by atoms with E-state index in [0.29, 0.717) is 53.7 Å². The molecule has 2 N–H and O–H groups in total. The minimum Gasteiger partial charge on any atom is -0.489 e. The van der Waals surface area contributed by atoms with E-state index in [-0.39, 0.29) is 11.5 Å². The van der Waals surface area contributed by atoms with Gasteiger partial charge in [-0.1, -0.05) is 6.08 Å². The molecule has 35 heavy (non-hydrogen) atoms. The third-order valence-electron chi connectivity index (χ3n) is 5.80. The third kappa shape index (κ3) is 4.86. The highest BCUT2D eigenvalue weighted by molar-refractivity contribution is 7.93. The molecule has 0 atom stereocenters. The summed E-state index contributed by atoms with van der Waals surface area (Å²) in [5, 5.41) is 3.57. The number of nitrogens with zero attached hydrogens (tertiary/aromatic N) is 2. The highest BCUT2D eigenvalue weighted by atomic mass is 32.2. The zero-order valence-electron chi connectivity index (χ0n) is 18.3. The summed E-state index contributed by atoms with van der Waals surface area (Å²) in [6.45, 7) is 1.91. The van der Waals surface area contributed by atoms with Gasteiger partial charge >= 0.3 is 6.18 Å². The lowest BCUT2D eigenvalue weighted by Crippen LogP contribution is -2.30. The first kappa shape index (κ1) is 23.6. The van der Waals surface area contributed by atoms with Gasteiger partial charge in [-0.15, -0.1) is 11.3 Å². The van der Waals surface area contributed by atoms with Crippen molar-refractivity contribution in [1.82, 2.24) is 10.3 Å². The Bertz CT molecular complexity index is 1370. The maximum absolute atomic E-state index is 13.5. The smallest absolute Gasteiger partial charge is 0.416 e. The van der Waals surface area contributed by atoms with Crippen LogP contribution in [0.4, 0.5) is 29.5 Å². The van der Waals surface area contributed by atoms with Crippen LogP contribution in [0.15, 0.2) is 59.1 Å². The van der Waals surface area contributed by atoms with Crippen molar-refractivity contribution in [2.45, 2.75) is 17.5 Å². The van der Waals surface area contributed by atoms with Crippen LogP contribution in [-0.4, -0.2) is 39.6 Å². The van der Waals surface area contributed by atoms with Gasteiger partial charge in [-0.25, -0.2) is 8.42 Å². The molecule has 3 aromatic rings. The Kier molecular flexibility index (Phi) is 6.20. The van der Waals surface area contributed by atoms with Crippen molar-refractivity contribution in [2.24, 2.45) is 0 Å². The molecular formula is C23H21F3N4O3S2. The lowest BCUT2D eigenvalue weighted by atomic mass is 9.95. The number of ether oxygens (including phenoxy) is 1. The molecule has 0 saturated heterocycles. The molecule has 0 fully saturated rings. The van der Waals surface area contributed by atoms with E-state index in [1.807, 2.05) is 11.0 Å². The Morgan fingerprint density at radius 1 is 1.14 bits per heavy atom. The van der Waals surface area contributed by atoms with E-state index in [1.165, 1.54) is 36.0 Å². The Morgan fingerprint density at radius 3 is 2.69 bits per heavy atom. The number of benzene rings is 2. The lowest BCUT2D eigenvalue weighted by molar-refractivity contribution is -0.137. The summed E-state index contributed by atoms with van der Waals surface area (Å²) >= 11 is 1.16. The molecule has 0 amide bonds.